The molecule has 0 bridgehead atoms. The highest BCUT2D eigenvalue weighted by atomic mass is 16.5. The Labute approximate surface area is 84.0 Å². The molecule has 4 heteroatoms. The van der Waals surface area contributed by atoms with Crippen LogP contribution in [0.25, 0.3) is 0 Å². The summed E-state index contributed by atoms with van der Waals surface area (Å²) in [6.07, 6.45) is 2.90. The van der Waals surface area contributed by atoms with Gasteiger partial charge in [0.1, 0.15) is 0 Å². The van der Waals surface area contributed by atoms with Gasteiger partial charge in [0, 0.05) is 6.54 Å². The maximum Gasteiger partial charge on any atom is 0.306 e. The van der Waals surface area contributed by atoms with Crippen molar-refractivity contribution in [3.8, 4) is 0 Å². The lowest BCUT2D eigenvalue weighted by atomic mass is 9.81. The van der Waals surface area contributed by atoms with E-state index in [1.807, 2.05) is 6.92 Å². The Balaban J connectivity index is 2.67. The maximum absolute atomic E-state index is 11.7. The van der Waals surface area contributed by atoms with Crippen molar-refractivity contribution in [3.63, 3.8) is 0 Å². The molecule has 1 fully saturated rings. The second-order valence-electron chi connectivity index (χ2n) is 4.03. The lowest BCUT2D eigenvalue weighted by Gasteiger charge is -2.24. The highest BCUT2D eigenvalue weighted by Gasteiger charge is 2.36. The van der Waals surface area contributed by atoms with Gasteiger partial charge in [0.25, 0.3) is 0 Å². The van der Waals surface area contributed by atoms with Crippen LogP contribution in [0.4, 0.5) is 0 Å². The lowest BCUT2D eigenvalue weighted by Crippen LogP contribution is -2.38. The summed E-state index contributed by atoms with van der Waals surface area (Å²) >= 11 is 0. The number of esters is 1. The summed E-state index contributed by atoms with van der Waals surface area (Å²) in [6.45, 7) is 2.54. The van der Waals surface area contributed by atoms with E-state index in [1.165, 1.54) is 7.11 Å². The second kappa shape index (κ2) is 4.44. The molecule has 4 nitrogen and oxygen atoms in total. The molecule has 14 heavy (non-hydrogen) atoms. The molecule has 0 radical (unpaired) electrons. The van der Waals surface area contributed by atoms with Crippen molar-refractivity contribution in [1.82, 2.24) is 5.32 Å². The fourth-order valence-corrected chi connectivity index (χ4v) is 1.73. The predicted octanol–water partition coefficient (Wildman–Crippen LogP) is 0.856. The maximum atomic E-state index is 11.7. The first-order valence-electron chi connectivity index (χ1n) is 4.93. The van der Waals surface area contributed by atoms with Gasteiger partial charge in [-0.2, -0.15) is 0 Å². The Morgan fingerprint density at radius 2 is 2.29 bits per heavy atom. The molecule has 1 heterocycles. The van der Waals surface area contributed by atoms with Crippen molar-refractivity contribution in [2.24, 2.45) is 5.41 Å². The molecular weight excluding hydrogens is 182 g/mol. The largest absolute Gasteiger partial charge is 0.469 e. The van der Waals surface area contributed by atoms with E-state index in [9.17, 15) is 9.59 Å². The third-order valence-corrected chi connectivity index (χ3v) is 2.75. The zero-order valence-electron chi connectivity index (χ0n) is 8.76. The molecule has 0 aliphatic carbocycles. The summed E-state index contributed by atoms with van der Waals surface area (Å²) in [5.74, 6) is -0.343. The van der Waals surface area contributed by atoms with Gasteiger partial charge >= 0.3 is 5.97 Å². The third kappa shape index (κ3) is 2.47. The van der Waals surface area contributed by atoms with E-state index < -0.39 is 5.41 Å². The second-order valence-corrected chi connectivity index (χ2v) is 4.03. The molecule has 1 aliphatic heterocycles. The van der Waals surface area contributed by atoms with E-state index in [0.29, 0.717) is 0 Å². The van der Waals surface area contributed by atoms with Crippen LogP contribution in [-0.2, 0) is 14.3 Å². The molecule has 0 aromatic carbocycles. The number of carbonyl (C=O) groups is 2. The molecular formula is C10H17NO3. The fraction of sp³-hybridized carbons (Fsp3) is 0.800. The Morgan fingerprint density at radius 3 is 2.93 bits per heavy atom. The SMILES string of the molecule is COC(=O)CC1(C)CCCCNC1=O. The first-order valence-corrected chi connectivity index (χ1v) is 4.93. The molecule has 0 aromatic heterocycles. The van der Waals surface area contributed by atoms with Crippen LogP contribution in [0.5, 0.6) is 0 Å². The molecule has 1 N–H and O–H groups in total. The average Bonchev–Trinajstić information content (AvgIpc) is 2.30. The molecule has 0 aromatic rings. The molecule has 1 saturated heterocycles. The number of amides is 1. The topological polar surface area (TPSA) is 55.4 Å². The molecule has 1 unspecified atom stereocenters. The molecule has 0 saturated carbocycles. The Bertz CT molecular complexity index is 240. The summed E-state index contributed by atoms with van der Waals surface area (Å²) in [5, 5.41) is 2.82. The Morgan fingerprint density at radius 1 is 1.57 bits per heavy atom. The number of methoxy groups -OCH3 is 1. The van der Waals surface area contributed by atoms with Crippen molar-refractivity contribution in [1.29, 1.82) is 0 Å². The van der Waals surface area contributed by atoms with Crippen molar-refractivity contribution >= 4 is 11.9 Å². The lowest BCUT2D eigenvalue weighted by molar-refractivity contribution is -0.147. The van der Waals surface area contributed by atoms with Gasteiger partial charge < -0.3 is 10.1 Å². The quantitative estimate of drug-likeness (QED) is 0.671. The molecule has 1 rings (SSSR count). The first-order chi connectivity index (χ1) is 6.58. The zero-order valence-corrected chi connectivity index (χ0v) is 8.76. The van der Waals surface area contributed by atoms with E-state index in [0.717, 1.165) is 25.8 Å². The third-order valence-electron chi connectivity index (χ3n) is 2.75. The van der Waals surface area contributed by atoms with Crippen LogP contribution in [0.3, 0.4) is 0 Å². The number of rotatable bonds is 2. The van der Waals surface area contributed by atoms with Gasteiger partial charge in [0.05, 0.1) is 18.9 Å². The zero-order chi connectivity index (χ0) is 10.6. The van der Waals surface area contributed by atoms with Crippen molar-refractivity contribution in [3.05, 3.63) is 0 Å². The Hall–Kier alpha value is -1.06. The summed E-state index contributed by atoms with van der Waals surface area (Å²) in [6, 6.07) is 0. The van der Waals surface area contributed by atoms with Crippen LogP contribution in [-0.4, -0.2) is 25.5 Å². The van der Waals surface area contributed by atoms with E-state index >= 15 is 0 Å². The van der Waals surface area contributed by atoms with Crippen molar-refractivity contribution in [2.45, 2.75) is 32.6 Å². The molecule has 1 amide bonds. The van der Waals surface area contributed by atoms with Gasteiger partial charge in [-0.3, -0.25) is 9.59 Å². The van der Waals surface area contributed by atoms with Gasteiger partial charge in [0.15, 0.2) is 0 Å². The number of carbonyl (C=O) groups excluding carboxylic acids is 2. The van der Waals surface area contributed by atoms with Crippen LogP contribution in [0.15, 0.2) is 0 Å². The first kappa shape index (κ1) is 11.0. The van der Waals surface area contributed by atoms with Crippen LogP contribution < -0.4 is 5.32 Å². The van der Waals surface area contributed by atoms with Gasteiger partial charge in [0.2, 0.25) is 5.91 Å². The van der Waals surface area contributed by atoms with Gasteiger partial charge in [-0.1, -0.05) is 13.3 Å². The predicted molar refractivity (Wildman–Crippen MR) is 51.6 cm³/mol. The Kier molecular flexibility index (Phi) is 3.49. The monoisotopic (exact) mass is 199 g/mol. The molecule has 1 aliphatic rings. The summed E-state index contributed by atoms with van der Waals surface area (Å²) in [7, 11) is 1.35. The number of hydrogen-bond acceptors (Lipinski definition) is 3. The number of nitrogens with one attached hydrogen (secondary N) is 1. The minimum absolute atomic E-state index is 0.0274. The number of hydrogen-bond donors (Lipinski definition) is 1. The minimum atomic E-state index is -0.580. The molecule has 1 atom stereocenters. The van der Waals surface area contributed by atoms with E-state index in [1.54, 1.807) is 0 Å². The van der Waals surface area contributed by atoms with Crippen LogP contribution in [0, 0.1) is 5.41 Å². The van der Waals surface area contributed by atoms with Crippen LogP contribution in [0.1, 0.15) is 32.6 Å². The standard InChI is InChI=1S/C10H17NO3/c1-10(7-8(12)14-2)5-3-4-6-11-9(10)13/h3-7H2,1-2H3,(H,11,13). The van der Waals surface area contributed by atoms with Gasteiger partial charge in [-0.05, 0) is 12.8 Å². The average molecular weight is 199 g/mol. The van der Waals surface area contributed by atoms with E-state index in [4.69, 9.17) is 0 Å². The normalized spacial score (nSPS) is 27.7. The summed E-state index contributed by atoms with van der Waals surface area (Å²) in [4.78, 5) is 22.8. The smallest absolute Gasteiger partial charge is 0.306 e. The summed E-state index contributed by atoms with van der Waals surface area (Å²) < 4.78 is 4.59. The van der Waals surface area contributed by atoms with Gasteiger partial charge in [-0.25, -0.2) is 0 Å². The highest BCUT2D eigenvalue weighted by Crippen LogP contribution is 2.30. The van der Waals surface area contributed by atoms with E-state index in [-0.39, 0.29) is 18.3 Å². The van der Waals surface area contributed by atoms with Gasteiger partial charge in [-0.15, -0.1) is 0 Å². The number of ether oxygens (including phenoxy) is 1. The van der Waals surface area contributed by atoms with Crippen molar-refractivity contribution < 1.29 is 14.3 Å². The summed E-state index contributed by atoms with van der Waals surface area (Å²) in [5.41, 5.74) is -0.580. The van der Waals surface area contributed by atoms with Crippen molar-refractivity contribution in [2.75, 3.05) is 13.7 Å². The highest BCUT2D eigenvalue weighted by molar-refractivity contribution is 5.87. The van der Waals surface area contributed by atoms with Crippen LogP contribution >= 0.6 is 0 Å². The van der Waals surface area contributed by atoms with Crippen LogP contribution in [0.2, 0.25) is 0 Å². The fourth-order valence-electron chi connectivity index (χ4n) is 1.73. The molecule has 0 spiro atoms. The van der Waals surface area contributed by atoms with E-state index in [2.05, 4.69) is 10.1 Å². The molecule has 80 valence electrons. The minimum Gasteiger partial charge on any atom is -0.469 e.